The lowest BCUT2D eigenvalue weighted by Gasteiger charge is -2.27. The molecule has 0 aromatic heterocycles. The SMILES string of the molecule is CCOc1ccccc1N1C(=O)NC(=O)/C(=C\c2ccc(OC)cc2C)C1=O. The summed E-state index contributed by atoms with van der Waals surface area (Å²) in [7, 11) is 1.56. The predicted molar refractivity (Wildman–Crippen MR) is 104 cm³/mol. The van der Waals surface area contributed by atoms with Crippen LogP contribution in [0.3, 0.4) is 0 Å². The van der Waals surface area contributed by atoms with E-state index in [0.29, 0.717) is 23.7 Å². The van der Waals surface area contributed by atoms with E-state index in [4.69, 9.17) is 9.47 Å². The van der Waals surface area contributed by atoms with E-state index in [1.54, 1.807) is 56.5 Å². The maximum Gasteiger partial charge on any atom is 0.336 e. The topological polar surface area (TPSA) is 84.9 Å². The van der Waals surface area contributed by atoms with Gasteiger partial charge < -0.3 is 9.47 Å². The normalized spacial score (nSPS) is 15.6. The Balaban J connectivity index is 2.04. The molecule has 2 aromatic rings. The summed E-state index contributed by atoms with van der Waals surface area (Å²) >= 11 is 0. The zero-order valence-corrected chi connectivity index (χ0v) is 15.8. The fourth-order valence-corrected chi connectivity index (χ4v) is 2.89. The second-order valence-corrected chi connectivity index (χ2v) is 6.08. The first kappa shape index (κ1) is 19.2. The number of aryl methyl sites for hydroxylation is 1. The number of rotatable bonds is 5. The van der Waals surface area contributed by atoms with Gasteiger partial charge >= 0.3 is 6.03 Å². The molecule has 28 heavy (non-hydrogen) atoms. The van der Waals surface area contributed by atoms with Crippen molar-refractivity contribution in [2.45, 2.75) is 13.8 Å². The molecule has 0 radical (unpaired) electrons. The summed E-state index contributed by atoms with van der Waals surface area (Å²) < 4.78 is 10.7. The first-order chi connectivity index (χ1) is 13.5. The van der Waals surface area contributed by atoms with Crippen LogP contribution in [0, 0.1) is 6.92 Å². The summed E-state index contributed by atoms with van der Waals surface area (Å²) in [6.07, 6.45) is 1.47. The highest BCUT2D eigenvalue weighted by Gasteiger charge is 2.38. The van der Waals surface area contributed by atoms with Crippen molar-refractivity contribution < 1.29 is 23.9 Å². The molecule has 1 aliphatic rings. The van der Waals surface area contributed by atoms with Crippen LogP contribution in [-0.4, -0.2) is 31.6 Å². The smallest absolute Gasteiger partial charge is 0.336 e. The summed E-state index contributed by atoms with van der Waals surface area (Å²) in [6, 6.07) is 11.1. The first-order valence-corrected chi connectivity index (χ1v) is 8.74. The molecular formula is C21H20N2O5. The van der Waals surface area contributed by atoms with Crippen molar-refractivity contribution in [3.63, 3.8) is 0 Å². The number of hydrogen-bond acceptors (Lipinski definition) is 5. The van der Waals surface area contributed by atoms with Gasteiger partial charge in [-0.2, -0.15) is 0 Å². The summed E-state index contributed by atoms with van der Waals surface area (Å²) in [5, 5.41) is 2.22. The Bertz CT molecular complexity index is 981. The van der Waals surface area contributed by atoms with E-state index in [0.717, 1.165) is 10.5 Å². The molecule has 0 aliphatic carbocycles. The number of hydrogen-bond donors (Lipinski definition) is 1. The van der Waals surface area contributed by atoms with Crippen molar-refractivity contribution in [2.75, 3.05) is 18.6 Å². The molecule has 7 nitrogen and oxygen atoms in total. The van der Waals surface area contributed by atoms with Gasteiger partial charge in [-0.3, -0.25) is 14.9 Å². The van der Waals surface area contributed by atoms with Crippen molar-refractivity contribution in [3.8, 4) is 11.5 Å². The Morgan fingerprint density at radius 2 is 1.86 bits per heavy atom. The molecule has 144 valence electrons. The number of amides is 4. The number of carbonyl (C=O) groups is 3. The van der Waals surface area contributed by atoms with Gasteiger partial charge in [0.1, 0.15) is 17.1 Å². The number of methoxy groups -OCH3 is 1. The van der Waals surface area contributed by atoms with Gasteiger partial charge in [0.2, 0.25) is 0 Å². The summed E-state index contributed by atoms with van der Waals surface area (Å²) in [4.78, 5) is 38.7. The molecule has 1 aliphatic heterocycles. The number of ether oxygens (including phenoxy) is 2. The highest BCUT2D eigenvalue weighted by molar-refractivity contribution is 6.39. The molecule has 7 heteroatoms. The summed E-state index contributed by atoms with van der Waals surface area (Å²) in [5.74, 6) is -0.407. The summed E-state index contributed by atoms with van der Waals surface area (Å²) in [5.41, 5.74) is 1.63. The molecule has 1 saturated heterocycles. The molecule has 1 fully saturated rings. The van der Waals surface area contributed by atoms with Crippen LogP contribution >= 0.6 is 0 Å². The third-order valence-electron chi connectivity index (χ3n) is 4.28. The average molecular weight is 380 g/mol. The lowest BCUT2D eigenvalue weighted by atomic mass is 10.0. The van der Waals surface area contributed by atoms with Gasteiger partial charge in [0.25, 0.3) is 11.8 Å². The number of nitrogens with zero attached hydrogens (tertiary/aromatic N) is 1. The molecule has 0 unspecified atom stereocenters. The van der Waals surface area contributed by atoms with Crippen molar-refractivity contribution >= 4 is 29.6 Å². The molecule has 0 atom stereocenters. The fraction of sp³-hybridized carbons (Fsp3) is 0.190. The van der Waals surface area contributed by atoms with Gasteiger partial charge in [0.05, 0.1) is 19.4 Å². The quantitative estimate of drug-likeness (QED) is 0.637. The van der Waals surface area contributed by atoms with Crippen LogP contribution < -0.4 is 19.7 Å². The van der Waals surface area contributed by atoms with Crippen molar-refractivity contribution in [1.29, 1.82) is 0 Å². The zero-order valence-electron chi connectivity index (χ0n) is 15.8. The number of nitrogens with one attached hydrogen (secondary N) is 1. The van der Waals surface area contributed by atoms with E-state index >= 15 is 0 Å². The average Bonchev–Trinajstić information content (AvgIpc) is 2.67. The van der Waals surface area contributed by atoms with Gasteiger partial charge in [-0.25, -0.2) is 9.69 Å². The predicted octanol–water partition coefficient (Wildman–Crippen LogP) is 3.07. The molecular weight excluding hydrogens is 360 g/mol. The molecule has 3 rings (SSSR count). The lowest BCUT2D eigenvalue weighted by molar-refractivity contribution is -0.122. The van der Waals surface area contributed by atoms with Crippen molar-refractivity contribution in [1.82, 2.24) is 5.32 Å². The Morgan fingerprint density at radius 3 is 2.54 bits per heavy atom. The highest BCUT2D eigenvalue weighted by Crippen LogP contribution is 2.31. The second-order valence-electron chi connectivity index (χ2n) is 6.08. The van der Waals surface area contributed by atoms with Crippen LogP contribution in [-0.2, 0) is 9.59 Å². The maximum atomic E-state index is 13.0. The third-order valence-corrected chi connectivity index (χ3v) is 4.28. The molecule has 1 heterocycles. The van der Waals surface area contributed by atoms with Crippen LogP contribution in [0.5, 0.6) is 11.5 Å². The van der Waals surface area contributed by atoms with Gasteiger partial charge in [-0.1, -0.05) is 18.2 Å². The Kier molecular flexibility index (Phi) is 5.44. The van der Waals surface area contributed by atoms with Crippen molar-refractivity contribution in [2.24, 2.45) is 0 Å². The number of carbonyl (C=O) groups excluding carboxylic acids is 3. The van der Waals surface area contributed by atoms with E-state index in [2.05, 4.69) is 5.32 Å². The molecule has 0 bridgehead atoms. The van der Waals surface area contributed by atoms with E-state index in [1.165, 1.54) is 6.08 Å². The Morgan fingerprint density at radius 1 is 1.11 bits per heavy atom. The van der Waals surface area contributed by atoms with E-state index in [1.807, 2.05) is 6.92 Å². The van der Waals surface area contributed by atoms with Gasteiger partial charge in [-0.15, -0.1) is 0 Å². The summed E-state index contributed by atoms with van der Waals surface area (Å²) in [6.45, 7) is 4.01. The Hall–Kier alpha value is -3.61. The van der Waals surface area contributed by atoms with Gasteiger partial charge in [-0.05, 0) is 55.3 Å². The molecule has 4 amide bonds. The molecule has 0 saturated carbocycles. The fourth-order valence-electron chi connectivity index (χ4n) is 2.89. The number of barbiturate groups is 1. The monoisotopic (exact) mass is 380 g/mol. The number of anilines is 1. The number of urea groups is 1. The van der Waals surface area contributed by atoms with Crippen LogP contribution in [0.15, 0.2) is 48.0 Å². The number of benzene rings is 2. The zero-order chi connectivity index (χ0) is 20.3. The van der Waals surface area contributed by atoms with E-state index < -0.39 is 17.8 Å². The lowest BCUT2D eigenvalue weighted by Crippen LogP contribution is -2.54. The largest absolute Gasteiger partial charge is 0.497 e. The van der Waals surface area contributed by atoms with Gasteiger partial charge in [0.15, 0.2) is 0 Å². The maximum absolute atomic E-state index is 13.0. The standard InChI is InChI=1S/C21H20N2O5/c1-4-28-18-8-6-5-7-17(18)23-20(25)16(19(24)22-21(23)26)12-14-9-10-15(27-3)11-13(14)2/h5-12H,4H2,1-3H3,(H,22,24,26)/b16-12+. The minimum absolute atomic E-state index is 0.140. The highest BCUT2D eigenvalue weighted by atomic mass is 16.5. The number of para-hydroxylation sites is 2. The first-order valence-electron chi connectivity index (χ1n) is 8.74. The van der Waals surface area contributed by atoms with Crippen LogP contribution in [0.25, 0.3) is 6.08 Å². The van der Waals surface area contributed by atoms with E-state index in [9.17, 15) is 14.4 Å². The second kappa shape index (κ2) is 7.96. The minimum Gasteiger partial charge on any atom is -0.497 e. The molecule has 0 spiro atoms. The minimum atomic E-state index is -0.814. The van der Waals surface area contributed by atoms with Crippen LogP contribution in [0.1, 0.15) is 18.1 Å². The Labute approximate surface area is 162 Å². The van der Waals surface area contributed by atoms with Crippen molar-refractivity contribution in [3.05, 3.63) is 59.2 Å². The molecule has 1 N–H and O–H groups in total. The van der Waals surface area contributed by atoms with Crippen LogP contribution in [0.4, 0.5) is 10.5 Å². The third kappa shape index (κ3) is 3.59. The van der Waals surface area contributed by atoms with E-state index in [-0.39, 0.29) is 11.3 Å². The molecule has 2 aromatic carbocycles. The number of imide groups is 2. The van der Waals surface area contributed by atoms with Crippen LogP contribution in [0.2, 0.25) is 0 Å². The van der Waals surface area contributed by atoms with Gasteiger partial charge in [0, 0.05) is 0 Å².